The largest absolute Gasteiger partial charge is 0.481 e. The van der Waals surface area contributed by atoms with E-state index < -0.39 is 24.0 Å². The molecular formula is C12H21N3O4. The zero-order chi connectivity index (χ0) is 14.7. The minimum Gasteiger partial charge on any atom is -0.481 e. The van der Waals surface area contributed by atoms with Crippen molar-refractivity contribution in [2.24, 2.45) is 17.6 Å². The van der Waals surface area contributed by atoms with E-state index in [4.69, 9.17) is 10.8 Å². The Hall–Kier alpha value is -1.79. The first-order chi connectivity index (χ1) is 8.75. The van der Waals surface area contributed by atoms with Gasteiger partial charge in [0.05, 0.1) is 5.92 Å². The molecule has 7 heteroatoms. The van der Waals surface area contributed by atoms with E-state index in [-0.39, 0.29) is 17.9 Å². The summed E-state index contributed by atoms with van der Waals surface area (Å²) >= 11 is 0. The molecule has 19 heavy (non-hydrogen) atoms. The van der Waals surface area contributed by atoms with Gasteiger partial charge in [0, 0.05) is 12.6 Å². The normalized spacial score (nSPS) is 24.3. The lowest BCUT2D eigenvalue weighted by Crippen LogP contribution is -2.53. The van der Waals surface area contributed by atoms with E-state index in [1.165, 1.54) is 4.90 Å². The second-order valence-corrected chi connectivity index (χ2v) is 5.24. The van der Waals surface area contributed by atoms with E-state index in [2.05, 4.69) is 5.32 Å². The zero-order valence-electron chi connectivity index (χ0n) is 11.4. The predicted octanol–water partition coefficient (Wildman–Crippen LogP) is 0.000900. The Morgan fingerprint density at radius 1 is 1.37 bits per heavy atom. The number of amides is 3. The average molecular weight is 271 g/mol. The molecule has 108 valence electrons. The van der Waals surface area contributed by atoms with Gasteiger partial charge in [-0.15, -0.1) is 0 Å². The number of carbonyl (C=O) groups excluding carboxylic acids is 2. The van der Waals surface area contributed by atoms with Crippen molar-refractivity contribution in [2.75, 3.05) is 6.54 Å². The van der Waals surface area contributed by atoms with Crippen molar-refractivity contribution in [3.63, 3.8) is 0 Å². The Labute approximate surface area is 112 Å². The van der Waals surface area contributed by atoms with Crippen LogP contribution in [0.25, 0.3) is 0 Å². The summed E-state index contributed by atoms with van der Waals surface area (Å²) in [6.07, 6.45) is 0.434. The van der Waals surface area contributed by atoms with E-state index >= 15 is 0 Å². The van der Waals surface area contributed by atoms with Crippen LogP contribution in [0.3, 0.4) is 0 Å². The number of carboxylic acids is 1. The molecule has 3 atom stereocenters. The number of hydrogen-bond donors (Lipinski definition) is 3. The highest BCUT2D eigenvalue weighted by atomic mass is 16.4. The fourth-order valence-corrected chi connectivity index (χ4v) is 2.43. The molecule has 1 saturated heterocycles. The topological polar surface area (TPSA) is 113 Å². The Balaban J connectivity index is 2.81. The van der Waals surface area contributed by atoms with E-state index in [1.54, 1.807) is 20.8 Å². The van der Waals surface area contributed by atoms with Crippen LogP contribution in [-0.2, 0) is 9.59 Å². The van der Waals surface area contributed by atoms with Crippen LogP contribution >= 0.6 is 0 Å². The first kappa shape index (κ1) is 15.3. The van der Waals surface area contributed by atoms with Crippen LogP contribution in [0.5, 0.6) is 0 Å². The molecule has 0 bridgehead atoms. The summed E-state index contributed by atoms with van der Waals surface area (Å²) in [5.41, 5.74) is 5.06. The molecule has 3 unspecified atom stereocenters. The number of urea groups is 1. The van der Waals surface area contributed by atoms with Gasteiger partial charge in [-0.25, -0.2) is 4.79 Å². The van der Waals surface area contributed by atoms with Crippen LogP contribution in [-0.4, -0.2) is 46.5 Å². The Kier molecular flexibility index (Phi) is 4.74. The smallest absolute Gasteiger partial charge is 0.312 e. The summed E-state index contributed by atoms with van der Waals surface area (Å²) in [6, 6.07) is -1.85. The number of carboxylic acid groups (broad SMARTS) is 1. The van der Waals surface area contributed by atoms with Gasteiger partial charge in [0.2, 0.25) is 5.91 Å². The van der Waals surface area contributed by atoms with Crippen LogP contribution in [0.15, 0.2) is 0 Å². The zero-order valence-corrected chi connectivity index (χ0v) is 11.4. The number of nitrogens with one attached hydrogen (secondary N) is 1. The number of nitrogens with zero attached hydrogens (tertiary/aromatic N) is 1. The fourth-order valence-electron chi connectivity index (χ4n) is 2.43. The summed E-state index contributed by atoms with van der Waals surface area (Å²) in [6.45, 7) is 5.70. The Bertz CT molecular complexity index is 383. The van der Waals surface area contributed by atoms with Crippen molar-refractivity contribution in [1.82, 2.24) is 10.2 Å². The number of hydrogen-bond acceptors (Lipinski definition) is 3. The number of likely N-dealkylation sites (tertiary alicyclic amines) is 1. The van der Waals surface area contributed by atoms with Gasteiger partial charge in [0.15, 0.2) is 0 Å². The van der Waals surface area contributed by atoms with E-state index in [0.717, 1.165) is 0 Å². The van der Waals surface area contributed by atoms with E-state index in [0.29, 0.717) is 13.0 Å². The molecule has 1 aliphatic rings. The predicted molar refractivity (Wildman–Crippen MR) is 68.3 cm³/mol. The highest BCUT2D eigenvalue weighted by Crippen LogP contribution is 2.25. The van der Waals surface area contributed by atoms with E-state index in [1.807, 2.05) is 0 Å². The van der Waals surface area contributed by atoms with Gasteiger partial charge < -0.3 is 21.1 Å². The van der Waals surface area contributed by atoms with Gasteiger partial charge in [-0.2, -0.15) is 0 Å². The molecule has 0 spiro atoms. The lowest BCUT2D eigenvalue weighted by atomic mass is 10.0. The maximum Gasteiger partial charge on any atom is 0.312 e. The molecule has 4 N–H and O–H groups in total. The SMILES string of the molecule is CC(C)C(NC(N)=O)C(=O)N1CCC(C(=O)O)C1C. The maximum absolute atomic E-state index is 12.4. The third-order valence-electron chi connectivity index (χ3n) is 3.59. The summed E-state index contributed by atoms with van der Waals surface area (Å²) in [5, 5.41) is 11.5. The Morgan fingerprint density at radius 2 is 1.95 bits per heavy atom. The van der Waals surface area contributed by atoms with Crippen LogP contribution in [0.2, 0.25) is 0 Å². The van der Waals surface area contributed by atoms with Crippen molar-refractivity contribution in [3.8, 4) is 0 Å². The molecule has 1 aliphatic heterocycles. The summed E-state index contributed by atoms with van der Waals surface area (Å²) < 4.78 is 0. The monoisotopic (exact) mass is 271 g/mol. The average Bonchev–Trinajstić information content (AvgIpc) is 2.66. The molecule has 1 fully saturated rings. The third kappa shape index (κ3) is 3.36. The van der Waals surface area contributed by atoms with Crippen molar-refractivity contribution in [1.29, 1.82) is 0 Å². The van der Waals surface area contributed by atoms with Crippen LogP contribution < -0.4 is 11.1 Å². The molecule has 7 nitrogen and oxygen atoms in total. The first-order valence-electron chi connectivity index (χ1n) is 6.35. The summed E-state index contributed by atoms with van der Waals surface area (Å²) in [7, 11) is 0. The number of rotatable bonds is 4. The molecule has 0 radical (unpaired) electrons. The fraction of sp³-hybridized carbons (Fsp3) is 0.750. The van der Waals surface area contributed by atoms with Gasteiger partial charge in [-0.3, -0.25) is 9.59 Å². The van der Waals surface area contributed by atoms with Gasteiger partial charge in [-0.05, 0) is 19.3 Å². The van der Waals surface area contributed by atoms with Crippen LogP contribution in [0.4, 0.5) is 4.79 Å². The van der Waals surface area contributed by atoms with Crippen LogP contribution in [0.1, 0.15) is 27.2 Å². The Morgan fingerprint density at radius 3 is 2.32 bits per heavy atom. The molecule has 1 heterocycles. The van der Waals surface area contributed by atoms with Crippen molar-refractivity contribution in [2.45, 2.75) is 39.3 Å². The molecular weight excluding hydrogens is 250 g/mol. The van der Waals surface area contributed by atoms with Gasteiger partial charge in [-0.1, -0.05) is 13.8 Å². The van der Waals surface area contributed by atoms with Crippen molar-refractivity contribution < 1.29 is 19.5 Å². The summed E-state index contributed by atoms with van der Waals surface area (Å²) in [4.78, 5) is 35.8. The van der Waals surface area contributed by atoms with Gasteiger partial charge in [0.1, 0.15) is 6.04 Å². The molecule has 0 aromatic carbocycles. The molecule has 0 aliphatic carbocycles. The van der Waals surface area contributed by atoms with Gasteiger partial charge in [0.25, 0.3) is 0 Å². The second kappa shape index (κ2) is 5.90. The number of carbonyl (C=O) groups is 3. The lowest BCUT2D eigenvalue weighted by Gasteiger charge is -2.29. The molecule has 1 rings (SSSR count). The first-order valence-corrected chi connectivity index (χ1v) is 6.35. The van der Waals surface area contributed by atoms with Gasteiger partial charge >= 0.3 is 12.0 Å². The van der Waals surface area contributed by atoms with Crippen molar-refractivity contribution in [3.05, 3.63) is 0 Å². The quantitative estimate of drug-likeness (QED) is 0.668. The molecule has 0 saturated carbocycles. The minimum absolute atomic E-state index is 0.115. The number of nitrogens with two attached hydrogens (primary N) is 1. The lowest BCUT2D eigenvalue weighted by molar-refractivity contribution is -0.143. The molecule has 0 aromatic rings. The summed E-state index contributed by atoms with van der Waals surface area (Å²) in [5.74, 6) is -1.83. The second-order valence-electron chi connectivity index (χ2n) is 5.24. The molecule has 0 aromatic heterocycles. The maximum atomic E-state index is 12.4. The highest BCUT2D eigenvalue weighted by Gasteiger charge is 2.40. The number of aliphatic carboxylic acids is 1. The van der Waals surface area contributed by atoms with E-state index in [9.17, 15) is 14.4 Å². The van der Waals surface area contributed by atoms with Crippen LogP contribution in [0, 0.1) is 11.8 Å². The van der Waals surface area contributed by atoms with Crippen molar-refractivity contribution >= 4 is 17.9 Å². The number of primary amides is 1. The highest BCUT2D eigenvalue weighted by molar-refractivity contribution is 5.88. The molecule has 3 amide bonds. The minimum atomic E-state index is -0.897. The third-order valence-corrected chi connectivity index (χ3v) is 3.59. The standard InChI is InChI=1S/C12H21N3O4/c1-6(2)9(14-12(13)19)10(16)15-5-4-8(7(15)3)11(17)18/h6-9H,4-5H2,1-3H3,(H,17,18)(H3,13,14,19).